The van der Waals surface area contributed by atoms with Crippen LogP contribution in [-0.2, 0) is 9.59 Å². The van der Waals surface area contributed by atoms with E-state index in [0.717, 1.165) is 5.69 Å². The number of hydrogen-bond donors (Lipinski definition) is 0. The average molecular weight is 368 g/mol. The largest absolute Gasteiger partial charge is 0.329 e. The van der Waals surface area contributed by atoms with Crippen molar-refractivity contribution in [1.29, 1.82) is 0 Å². The van der Waals surface area contributed by atoms with Gasteiger partial charge in [-0.3, -0.25) is 14.4 Å². The van der Waals surface area contributed by atoms with Crippen LogP contribution in [0, 0.1) is 0 Å². The van der Waals surface area contributed by atoms with Crippen molar-refractivity contribution in [3.05, 3.63) is 29.3 Å². The fourth-order valence-corrected chi connectivity index (χ4v) is 4.98. The lowest BCUT2D eigenvalue weighted by Crippen LogP contribution is -2.58. The zero-order valence-electron chi connectivity index (χ0n) is 16.1. The molecule has 0 N–H and O–H groups in total. The molecular formula is C22H28N2O3. The molecule has 27 heavy (non-hydrogen) atoms. The zero-order valence-corrected chi connectivity index (χ0v) is 16.1. The van der Waals surface area contributed by atoms with Crippen LogP contribution in [0.5, 0.6) is 0 Å². The van der Waals surface area contributed by atoms with Crippen LogP contribution < -0.4 is 4.90 Å². The first kappa shape index (κ1) is 18.2. The molecule has 1 atom stereocenters. The highest BCUT2D eigenvalue weighted by Crippen LogP contribution is 2.36. The van der Waals surface area contributed by atoms with Gasteiger partial charge < -0.3 is 9.80 Å². The molecule has 1 saturated carbocycles. The molecule has 3 aliphatic rings. The number of Topliss-reactive ketones (excluding diaryl/α,β-unsaturated/α-hetero) is 1. The van der Waals surface area contributed by atoms with Crippen LogP contribution in [0.3, 0.4) is 0 Å². The Morgan fingerprint density at radius 2 is 1.78 bits per heavy atom. The molecule has 0 spiro atoms. The molecule has 1 aromatic rings. The van der Waals surface area contributed by atoms with Gasteiger partial charge in [0.15, 0.2) is 5.78 Å². The van der Waals surface area contributed by atoms with Crippen molar-refractivity contribution < 1.29 is 14.4 Å². The number of carbonyl (C=O) groups is 3. The van der Waals surface area contributed by atoms with E-state index in [1.54, 1.807) is 9.80 Å². The predicted molar refractivity (Wildman–Crippen MR) is 104 cm³/mol. The molecule has 5 nitrogen and oxygen atoms in total. The minimum atomic E-state index is -0.437. The van der Waals surface area contributed by atoms with E-state index in [1.807, 2.05) is 6.07 Å². The van der Waals surface area contributed by atoms with Crippen LogP contribution in [0.2, 0.25) is 0 Å². The zero-order chi connectivity index (χ0) is 19.0. The van der Waals surface area contributed by atoms with Crippen molar-refractivity contribution in [2.24, 2.45) is 0 Å². The third kappa shape index (κ3) is 3.40. The SMILES string of the molecule is CC(=O)N1CCN2C(=O)C1CCCC(=O)c1cc(C3CCCCC3)ccc12. The van der Waals surface area contributed by atoms with E-state index >= 15 is 0 Å². The minimum Gasteiger partial charge on any atom is -0.329 e. The van der Waals surface area contributed by atoms with Crippen LogP contribution in [0.15, 0.2) is 18.2 Å². The average Bonchev–Trinajstić information content (AvgIpc) is 2.71. The molecule has 144 valence electrons. The van der Waals surface area contributed by atoms with E-state index in [9.17, 15) is 14.4 Å². The van der Waals surface area contributed by atoms with Gasteiger partial charge in [-0.25, -0.2) is 0 Å². The maximum atomic E-state index is 13.1. The molecule has 0 aromatic heterocycles. The summed E-state index contributed by atoms with van der Waals surface area (Å²) in [6, 6.07) is 5.70. The number of rotatable bonds is 1. The lowest BCUT2D eigenvalue weighted by molar-refractivity contribution is -0.140. The van der Waals surface area contributed by atoms with E-state index in [1.165, 1.54) is 44.6 Å². The molecule has 2 fully saturated rings. The third-order valence-electron chi connectivity index (χ3n) is 6.47. The molecule has 2 amide bonds. The number of carbonyl (C=O) groups excluding carboxylic acids is 3. The van der Waals surface area contributed by atoms with E-state index in [4.69, 9.17) is 0 Å². The smallest absolute Gasteiger partial charge is 0.249 e. The summed E-state index contributed by atoms with van der Waals surface area (Å²) in [5.74, 6) is 0.545. The Labute approximate surface area is 160 Å². The highest BCUT2D eigenvalue weighted by atomic mass is 16.2. The summed E-state index contributed by atoms with van der Waals surface area (Å²) in [5.41, 5.74) is 2.68. The fraction of sp³-hybridized carbons (Fsp3) is 0.591. The molecule has 1 aliphatic carbocycles. The summed E-state index contributed by atoms with van der Waals surface area (Å²) in [4.78, 5) is 41.4. The van der Waals surface area contributed by atoms with Gasteiger partial charge in [-0.1, -0.05) is 25.3 Å². The monoisotopic (exact) mass is 368 g/mol. The van der Waals surface area contributed by atoms with Gasteiger partial charge in [0, 0.05) is 32.0 Å². The molecule has 4 rings (SSSR count). The lowest BCUT2D eigenvalue weighted by atomic mass is 9.83. The Hall–Kier alpha value is -2.17. The van der Waals surface area contributed by atoms with Gasteiger partial charge in [0.05, 0.1) is 5.69 Å². The van der Waals surface area contributed by atoms with Gasteiger partial charge in [-0.2, -0.15) is 0 Å². The number of nitrogens with zero attached hydrogens (tertiary/aromatic N) is 2. The second kappa shape index (κ2) is 7.45. The van der Waals surface area contributed by atoms with Crippen molar-refractivity contribution in [1.82, 2.24) is 4.90 Å². The number of fused-ring (bicyclic) bond motifs is 4. The number of anilines is 1. The first-order valence-electron chi connectivity index (χ1n) is 10.3. The van der Waals surface area contributed by atoms with Gasteiger partial charge in [0.25, 0.3) is 0 Å². The van der Waals surface area contributed by atoms with Crippen LogP contribution in [0.1, 0.15) is 80.1 Å². The first-order chi connectivity index (χ1) is 13.1. The normalized spacial score (nSPS) is 24.1. The highest BCUT2D eigenvalue weighted by molar-refractivity contribution is 6.08. The molecule has 5 heteroatoms. The van der Waals surface area contributed by atoms with Crippen molar-refractivity contribution >= 4 is 23.3 Å². The summed E-state index contributed by atoms with van der Waals surface area (Å²) < 4.78 is 0. The van der Waals surface area contributed by atoms with Gasteiger partial charge in [-0.05, 0) is 49.3 Å². The number of amides is 2. The molecule has 1 aromatic carbocycles. The van der Waals surface area contributed by atoms with Gasteiger partial charge >= 0.3 is 0 Å². The van der Waals surface area contributed by atoms with Crippen LogP contribution in [0.25, 0.3) is 0 Å². The standard InChI is InChI=1S/C22H28N2O3/c1-15(25)23-12-13-24-19-11-10-17(16-6-3-2-4-7-16)14-18(19)21(26)9-5-8-20(23)22(24)27/h10-11,14,16,20H,2-9,12-13H2,1H3. The van der Waals surface area contributed by atoms with E-state index in [0.29, 0.717) is 43.8 Å². The molecule has 2 bridgehead atoms. The number of benzene rings is 1. The summed E-state index contributed by atoms with van der Waals surface area (Å²) >= 11 is 0. The minimum absolute atomic E-state index is 0.0437. The van der Waals surface area contributed by atoms with Crippen molar-refractivity contribution in [2.75, 3.05) is 18.0 Å². The number of ketones is 1. The molecule has 1 saturated heterocycles. The molecule has 1 unspecified atom stereocenters. The van der Waals surface area contributed by atoms with Crippen LogP contribution >= 0.6 is 0 Å². The lowest BCUT2D eigenvalue weighted by Gasteiger charge is -2.40. The number of hydrogen-bond acceptors (Lipinski definition) is 3. The highest BCUT2D eigenvalue weighted by Gasteiger charge is 2.38. The Kier molecular flexibility index (Phi) is 5.02. The second-order valence-corrected chi connectivity index (χ2v) is 8.15. The Balaban J connectivity index is 1.71. The Bertz CT molecular complexity index is 767. The van der Waals surface area contributed by atoms with Crippen molar-refractivity contribution in [2.45, 2.75) is 70.3 Å². The second-order valence-electron chi connectivity index (χ2n) is 8.15. The fourth-order valence-electron chi connectivity index (χ4n) is 4.98. The van der Waals surface area contributed by atoms with Crippen molar-refractivity contribution in [3.63, 3.8) is 0 Å². The number of piperazine rings is 1. The van der Waals surface area contributed by atoms with Gasteiger partial charge in [0.1, 0.15) is 6.04 Å². The Morgan fingerprint density at radius 3 is 2.52 bits per heavy atom. The molecular weight excluding hydrogens is 340 g/mol. The first-order valence-corrected chi connectivity index (χ1v) is 10.3. The molecule has 0 radical (unpaired) electrons. The van der Waals surface area contributed by atoms with Crippen LogP contribution in [-0.4, -0.2) is 41.6 Å². The molecule has 2 heterocycles. The van der Waals surface area contributed by atoms with E-state index in [-0.39, 0.29) is 17.6 Å². The third-order valence-corrected chi connectivity index (χ3v) is 6.47. The summed E-state index contributed by atoms with van der Waals surface area (Å²) in [7, 11) is 0. The van der Waals surface area contributed by atoms with Crippen LogP contribution in [0.4, 0.5) is 5.69 Å². The van der Waals surface area contributed by atoms with E-state index in [2.05, 4.69) is 12.1 Å². The predicted octanol–water partition coefficient (Wildman–Crippen LogP) is 3.66. The molecule has 2 aliphatic heterocycles. The maximum absolute atomic E-state index is 13.1. The van der Waals surface area contributed by atoms with Gasteiger partial charge in [-0.15, -0.1) is 0 Å². The summed E-state index contributed by atoms with van der Waals surface area (Å²) in [5, 5.41) is 0. The quantitative estimate of drug-likeness (QED) is 0.760. The Morgan fingerprint density at radius 1 is 1.00 bits per heavy atom. The summed E-state index contributed by atoms with van der Waals surface area (Å²) in [6.45, 7) is 2.51. The maximum Gasteiger partial charge on any atom is 0.249 e. The summed E-state index contributed by atoms with van der Waals surface area (Å²) in [6.07, 6.45) is 7.81. The van der Waals surface area contributed by atoms with Crippen molar-refractivity contribution in [3.8, 4) is 0 Å². The topological polar surface area (TPSA) is 57.7 Å². The van der Waals surface area contributed by atoms with Gasteiger partial charge in [0.2, 0.25) is 11.8 Å². The van der Waals surface area contributed by atoms with E-state index < -0.39 is 6.04 Å².